The van der Waals surface area contributed by atoms with E-state index in [1.165, 1.54) is 24.4 Å². The van der Waals surface area contributed by atoms with E-state index in [0.29, 0.717) is 5.56 Å². The Bertz CT molecular complexity index is 712. The molecule has 0 aliphatic carbocycles. The summed E-state index contributed by atoms with van der Waals surface area (Å²) >= 11 is 0. The highest BCUT2D eigenvalue weighted by Gasteiger charge is 2.16. The van der Waals surface area contributed by atoms with Gasteiger partial charge in [0.2, 0.25) is 0 Å². The first-order chi connectivity index (χ1) is 10.1. The number of amides is 1. The average molecular weight is 283 g/mol. The zero-order valence-electron chi connectivity index (χ0n) is 11.0. The third-order valence-electron chi connectivity index (χ3n) is 2.58. The Hall–Kier alpha value is -3.04. The lowest BCUT2D eigenvalue weighted by molar-refractivity contribution is 0.102. The number of carbonyl (C=O) groups is 1. The Morgan fingerprint density at radius 3 is 2.67 bits per heavy atom. The lowest BCUT2D eigenvalue weighted by Crippen LogP contribution is -2.13. The Balaban J connectivity index is 2.24. The standard InChI is InChI=1S/C15H13N3O3/c16-7-2-3-10-6-8-17-13(9-10)18-15(21)14-11(19)4-1-5-12(14)20/h1,4-6,8-9,19-20H,7,16H2,(H,17,18,21). The van der Waals surface area contributed by atoms with Crippen LogP contribution in [0.5, 0.6) is 11.5 Å². The molecule has 0 spiro atoms. The number of anilines is 1. The van der Waals surface area contributed by atoms with E-state index in [2.05, 4.69) is 22.1 Å². The number of nitrogens with two attached hydrogens (primary N) is 1. The van der Waals surface area contributed by atoms with Gasteiger partial charge in [-0.25, -0.2) is 4.98 Å². The highest BCUT2D eigenvalue weighted by Crippen LogP contribution is 2.26. The molecule has 1 amide bonds. The van der Waals surface area contributed by atoms with Crippen molar-refractivity contribution >= 4 is 11.7 Å². The highest BCUT2D eigenvalue weighted by atomic mass is 16.3. The van der Waals surface area contributed by atoms with Crippen molar-refractivity contribution in [2.75, 3.05) is 11.9 Å². The largest absolute Gasteiger partial charge is 0.507 e. The van der Waals surface area contributed by atoms with Crippen molar-refractivity contribution in [3.63, 3.8) is 0 Å². The molecule has 1 heterocycles. The summed E-state index contributed by atoms with van der Waals surface area (Å²) in [4.78, 5) is 16.0. The molecule has 0 aliphatic heterocycles. The number of hydrogen-bond donors (Lipinski definition) is 4. The second-order valence-corrected chi connectivity index (χ2v) is 4.06. The van der Waals surface area contributed by atoms with Gasteiger partial charge < -0.3 is 21.3 Å². The van der Waals surface area contributed by atoms with Gasteiger partial charge in [-0.1, -0.05) is 17.9 Å². The van der Waals surface area contributed by atoms with Crippen molar-refractivity contribution in [2.24, 2.45) is 5.73 Å². The van der Waals surface area contributed by atoms with Gasteiger partial charge in [-0.2, -0.15) is 0 Å². The van der Waals surface area contributed by atoms with Crippen LogP contribution in [0.1, 0.15) is 15.9 Å². The predicted molar refractivity (Wildman–Crippen MR) is 77.9 cm³/mol. The van der Waals surface area contributed by atoms with Crippen LogP contribution in [0.2, 0.25) is 0 Å². The van der Waals surface area contributed by atoms with E-state index >= 15 is 0 Å². The van der Waals surface area contributed by atoms with Gasteiger partial charge >= 0.3 is 0 Å². The summed E-state index contributed by atoms with van der Waals surface area (Å²) in [5.74, 6) is 4.47. The third-order valence-corrected chi connectivity index (χ3v) is 2.58. The Morgan fingerprint density at radius 1 is 1.29 bits per heavy atom. The zero-order valence-corrected chi connectivity index (χ0v) is 11.0. The second kappa shape index (κ2) is 6.41. The molecule has 0 radical (unpaired) electrons. The Labute approximate surface area is 121 Å². The first kappa shape index (κ1) is 14.4. The molecule has 6 heteroatoms. The summed E-state index contributed by atoms with van der Waals surface area (Å²) < 4.78 is 0. The van der Waals surface area contributed by atoms with Crippen LogP contribution >= 0.6 is 0 Å². The molecule has 2 aromatic rings. The van der Waals surface area contributed by atoms with Crippen LogP contribution in [0.3, 0.4) is 0 Å². The maximum absolute atomic E-state index is 12.1. The van der Waals surface area contributed by atoms with Crippen molar-refractivity contribution < 1.29 is 15.0 Å². The molecule has 0 fully saturated rings. The first-order valence-corrected chi connectivity index (χ1v) is 6.09. The minimum Gasteiger partial charge on any atom is -0.507 e. The van der Waals surface area contributed by atoms with Crippen LogP contribution in [0.4, 0.5) is 5.82 Å². The maximum atomic E-state index is 12.1. The number of hydrogen-bond acceptors (Lipinski definition) is 5. The van der Waals surface area contributed by atoms with Crippen LogP contribution in [0.15, 0.2) is 36.5 Å². The zero-order chi connectivity index (χ0) is 15.2. The Morgan fingerprint density at radius 2 is 2.00 bits per heavy atom. The van der Waals surface area contributed by atoms with Crippen molar-refractivity contribution in [1.29, 1.82) is 0 Å². The number of aromatic nitrogens is 1. The molecule has 6 nitrogen and oxygen atoms in total. The summed E-state index contributed by atoms with van der Waals surface area (Å²) in [7, 11) is 0. The van der Waals surface area contributed by atoms with Crippen LogP contribution in [-0.2, 0) is 0 Å². The highest BCUT2D eigenvalue weighted by molar-refractivity contribution is 6.07. The van der Waals surface area contributed by atoms with E-state index in [1.807, 2.05) is 0 Å². The van der Waals surface area contributed by atoms with Gasteiger partial charge in [0.25, 0.3) is 5.91 Å². The minimum atomic E-state index is -0.665. The third kappa shape index (κ3) is 3.49. The number of nitrogens with zero attached hydrogens (tertiary/aromatic N) is 1. The lowest BCUT2D eigenvalue weighted by atomic mass is 10.1. The first-order valence-electron chi connectivity index (χ1n) is 6.09. The molecule has 0 atom stereocenters. The fourth-order valence-corrected chi connectivity index (χ4v) is 1.67. The van der Waals surface area contributed by atoms with Gasteiger partial charge in [-0.3, -0.25) is 4.79 Å². The number of benzene rings is 1. The number of nitrogens with one attached hydrogen (secondary N) is 1. The van der Waals surface area contributed by atoms with E-state index in [-0.39, 0.29) is 29.4 Å². The topological polar surface area (TPSA) is 108 Å². The van der Waals surface area contributed by atoms with Crippen molar-refractivity contribution in [2.45, 2.75) is 0 Å². The van der Waals surface area contributed by atoms with Crippen LogP contribution in [-0.4, -0.2) is 27.6 Å². The number of phenolic OH excluding ortho intramolecular Hbond substituents is 2. The monoisotopic (exact) mass is 283 g/mol. The molecule has 106 valence electrons. The Kier molecular flexibility index (Phi) is 4.39. The van der Waals surface area contributed by atoms with Gasteiger partial charge in [-0.15, -0.1) is 0 Å². The van der Waals surface area contributed by atoms with Crippen molar-refractivity contribution in [3.05, 3.63) is 47.7 Å². The average Bonchev–Trinajstić information content (AvgIpc) is 2.45. The smallest absolute Gasteiger partial charge is 0.264 e. The minimum absolute atomic E-state index is 0.210. The molecular weight excluding hydrogens is 270 g/mol. The van der Waals surface area contributed by atoms with Gasteiger partial charge in [-0.05, 0) is 24.3 Å². The van der Waals surface area contributed by atoms with E-state index in [1.54, 1.807) is 12.1 Å². The van der Waals surface area contributed by atoms with Crippen molar-refractivity contribution in [1.82, 2.24) is 4.98 Å². The van der Waals surface area contributed by atoms with Crippen LogP contribution in [0.25, 0.3) is 0 Å². The molecule has 0 bridgehead atoms. The lowest BCUT2D eigenvalue weighted by Gasteiger charge is -2.07. The fraction of sp³-hybridized carbons (Fsp3) is 0.0667. The quantitative estimate of drug-likeness (QED) is 0.616. The molecule has 0 unspecified atom stereocenters. The molecule has 1 aromatic heterocycles. The summed E-state index contributed by atoms with van der Waals surface area (Å²) in [5.41, 5.74) is 5.73. The van der Waals surface area contributed by atoms with Gasteiger partial charge in [0.1, 0.15) is 22.9 Å². The van der Waals surface area contributed by atoms with Crippen LogP contribution in [0, 0.1) is 11.8 Å². The number of carbonyl (C=O) groups excluding carboxylic acids is 1. The maximum Gasteiger partial charge on any atom is 0.264 e. The molecule has 0 aliphatic rings. The number of phenols is 2. The van der Waals surface area contributed by atoms with E-state index in [0.717, 1.165) is 0 Å². The van der Waals surface area contributed by atoms with E-state index in [4.69, 9.17) is 5.73 Å². The normalized spacial score (nSPS) is 9.57. The van der Waals surface area contributed by atoms with Gasteiger partial charge in [0.15, 0.2) is 0 Å². The molecule has 0 saturated heterocycles. The summed E-state index contributed by atoms with van der Waals surface area (Å²) in [6.07, 6.45) is 1.49. The number of pyridine rings is 1. The van der Waals surface area contributed by atoms with E-state index in [9.17, 15) is 15.0 Å². The number of aromatic hydroxyl groups is 2. The predicted octanol–water partition coefficient (Wildman–Crippen LogP) is 1.06. The summed E-state index contributed by atoms with van der Waals surface area (Å²) in [6.45, 7) is 0.232. The molecule has 0 saturated carbocycles. The fourth-order valence-electron chi connectivity index (χ4n) is 1.67. The van der Waals surface area contributed by atoms with Gasteiger partial charge in [0, 0.05) is 11.8 Å². The summed E-state index contributed by atoms with van der Waals surface area (Å²) in [6, 6.07) is 7.30. The molecule has 1 aromatic carbocycles. The van der Waals surface area contributed by atoms with Crippen molar-refractivity contribution in [3.8, 4) is 23.3 Å². The number of rotatable bonds is 2. The summed E-state index contributed by atoms with van der Waals surface area (Å²) in [5, 5.41) is 21.8. The van der Waals surface area contributed by atoms with Gasteiger partial charge in [0.05, 0.1) is 6.54 Å². The molecule has 2 rings (SSSR count). The van der Waals surface area contributed by atoms with E-state index < -0.39 is 5.91 Å². The molecular formula is C15H13N3O3. The molecule has 5 N–H and O–H groups in total. The molecule has 21 heavy (non-hydrogen) atoms. The SMILES string of the molecule is NCC#Cc1ccnc(NC(=O)c2c(O)cccc2O)c1. The van der Waals surface area contributed by atoms with Crippen LogP contribution < -0.4 is 11.1 Å². The second-order valence-electron chi connectivity index (χ2n) is 4.06.